The molecular weight excluding hydrogens is 312 g/mol. The summed E-state index contributed by atoms with van der Waals surface area (Å²) in [7, 11) is 0. The second-order valence-electron chi connectivity index (χ2n) is 4.38. The highest BCUT2D eigenvalue weighted by Crippen LogP contribution is 2.29. The van der Waals surface area contributed by atoms with Crippen LogP contribution in [0, 0.1) is 17.5 Å². The second kappa shape index (κ2) is 5.88. The van der Waals surface area contributed by atoms with Gasteiger partial charge in [-0.15, -0.1) is 13.2 Å². The summed E-state index contributed by atoms with van der Waals surface area (Å²) in [4.78, 5) is 0. The van der Waals surface area contributed by atoms with Crippen molar-refractivity contribution in [2.24, 2.45) is 5.73 Å². The molecule has 0 unspecified atom stereocenters. The Morgan fingerprint density at radius 2 is 1.59 bits per heavy atom. The van der Waals surface area contributed by atoms with E-state index in [1.165, 1.54) is 0 Å². The molecule has 2 N–H and O–H groups in total. The Kier molecular flexibility index (Phi) is 4.32. The molecule has 0 aromatic heterocycles. The van der Waals surface area contributed by atoms with Gasteiger partial charge >= 0.3 is 6.36 Å². The van der Waals surface area contributed by atoms with E-state index in [-0.39, 0.29) is 11.1 Å². The van der Waals surface area contributed by atoms with Gasteiger partial charge in [-0.25, -0.2) is 13.2 Å². The summed E-state index contributed by atoms with van der Waals surface area (Å²) in [5.74, 6) is -3.92. The minimum Gasteiger partial charge on any atom is -0.403 e. The zero-order valence-corrected chi connectivity index (χ0v) is 10.8. The van der Waals surface area contributed by atoms with Crippen LogP contribution >= 0.6 is 0 Å². The van der Waals surface area contributed by atoms with Crippen LogP contribution in [0.2, 0.25) is 0 Å². The van der Waals surface area contributed by atoms with Gasteiger partial charge in [-0.05, 0) is 35.9 Å². The van der Waals surface area contributed by atoms with E-state index < -0.39 is 35.6 Å². The van der Waals surface area contributed by atoms with Crippen LogP contribution in [0.4, 0.5) is 26.3 Å². The lowest BCUT2D eigenvalue weighted by molar-refractivity contribution is -0.275. The lowest BCUT2D eigenvalue weighted by Gasteiger charge is -2.15. The fraction of sp³-hybridized carbons (Fsp3) is 0.143. The molecule has 0 radical (unpaired) electrons. The Bertz CT molecular complexity index is 686. The maximum Gasteiger partial charge on any atom is 0.573 e. The molecule has 0 saturated carbocycles. The Hall–Kier alpha value is -2.22. The summed E-state index contributed by atoms with van der Waals surface area (Å²) in [5.41, 5.74) is 5.42. The fourth-order valence-corrected chi connectivity index (χ4v) is 1.85. The Morgan fingerprint density at radius 3 is 2.18 bits per heavy atom. The molecule has 0 amide bonds. The number of nitrogens with two attached hydrogens (primary N) is 1. The molecular formula is C14H9F6NO. The SMILES string of the molecule is N[C@@H](c1ccc(OC(F)(F)F)c(F)c1)c1cc(F)ccc1F. The van der Waals surface area contributed by atoms with Crippen molar-refractivity contribution in [3.8, 4) is 5.75 Å². The first-order valence-corrected chi connectivity index (χ1v) is 5.93. The molecule has 0 aliphatic rings. The number of ether oxygens (including phenoxy) is 1. The number of alkyl halides is 3. The first-order chi connectivity index (χ1) is 10.2. The fourth-order valence-electron chi connectivity index (χ4n) is 1.85. The van der Waals surface area contributed by atoms with Crippen molar-refractivity contribution >= 4 is 0 Å². The van der Waals surface area contributed by atoms with Gasteiger partial charge in [0.25, 0.3) is 0 Å². The summed E-state index contributed by atoms with van der Waals surface area (Å²) in [6, 6.07) is 3.75. The molecule has 0 bridgehead atoms. The van der Waals surface area contributed by atoms with Crippen LogP contribution < -0.4 is 10.5 Å². The first kappa shape index (κ1) is 16.2. The average Bonchev–Trinajstić information content (AvgIpc) is 2.41. The monoisotopic (exact) mass is 321 g/mol. The Morgan fingerprint density at radius 1 is 0.909 bits per heavy atom. The predicted molar refractivity (Wildman–Crippen MR) is 65.5 cm³/mol. The predicted octanol–water partition coefficient (Wildman–Crippen LogP) is 4.05. The van der Waals surface area contributed by atoms with Crippen molar-refractivity contribution in [2.75, 3.05) is 0 Å². The lowest BCUT2D eigenvalue weighted by atomic mass is 9.99. The van der Waals surface area contributed by atoms with E-state index >= 15 is 0 Å². The summed E-state index contributed by atoms with van der Waals surface area (Å²) >= 11 is 0. The summed E-state index contributed by atoms with van der Waals surface area (Å²) in [5, 5.41) is 0. The van der Waals surface area contributed by atoms with Crippen LogP contribution in [-0.4, -0.2) is 6.36 Å². The zero-order valence-electron chi connectivity index (χ0n) is 10.8. The van der Waals surface area contributed by atoms with Crippen molar-refractivity contribution in [3.63, 3.8) is 0 Å². The molecule has 0 aliphatic carbocycles. The van der Waals surface area contributed by atoms with Crippen LogP contribution in [0.25, 0.3) is 0 Å². The maximum atomic E-state index is 13.6. The van der Waals surface area contributed by atoms with E-state index in [9.17, 15) is 26.3 Å². The number of hydrogen-bond donors (Lipinski definition) is 1. The van der Waals surface area contributed by atoms with Gasteiger partial charge in [0.1, 0.15) is 11.6 Å². The highest BCUT2D eigenvalue weighted by Gasteiger charge is 2.32. The summed E-state index contributed by atoms with van der Waals surface area (Å²) in [6.45, 7) is 0. The third kappa shape index (κ3) is 3.70. The number of hydrogen-bond acceptors (Lipinski definition) is 2. The molecule has 0 aliphatic heterocycles. The molecule has 2 aromatic carbocycles. The molecule has 0 fully saturated rings. The van der Waals surface area contributed by atoms with Crippen LogP contribution in [0.3, 0.4) is 0 Å². The van der Waals surface area contributed by atoms with Gasteiger partial charge in [0.15, 0.2) is 11.6 Å². The average molecular weight is 321 g/mol. The highest BCUT2D eigenvalue weighted by atomic mass is 19.4. The quantitative estimate of drug-likeness (QED) is 0.866. The zero-order chi connectivity index (χ0) is 16.5. The Labute approximate surface area is 121 Å². The minimum absolute atomic E-state index is 0.0310. The van der Waals surface area contributed by atoms with E-state index in [0.717, 1.165) is 30.3 Å². The van der Waals surface area contributed by atoms with Crippen LogP contribution in [-0.2, 0) is 0 Å². The molecule has 2 rings (SSSR count). The standard InChI is InChI=1S/C14H9F6NO/c15-8-2-3-10(16)9(6-8)13(21)7-1-4-12(11(17)5-7)22-14(18,19)20/h1-6,13H,21H2/t13-/m0/s1. The van der Waals surface area contributed by atoms with Crippen molar-refractivity contribution < 1.29 is 31.1 Å². The number of benzene rings is 2. The summed E-state index contributed by atoms with van der Waals surface area (Å²) < 4.78 is 79.9. The largest absolute Gasteiger partial charge is 0.573 e. The van der Waals surface area contributed by atoms with E-state index in [2.05, 4.69) is 4.74 Å². The molecule has 22 heavy (non-hydrogen) atoms. The third-order valence-electron chi connectivity index (χ3n) is 2.83. The molecule has 118 valence electrons. The van der Waals surface area contributed by atoms with Gasteiger partial charge in [0, 0.05) is 5.56 Å². The minimum atomic E-state index is -5.04. The van der Waals surface area contributed by atoms with E-state index in [1.807, 2.05) is 0 Å². The molecule has 8 heteroatoms. The molecule has 2 aromatic rings. The molecule has 1 atom stereocenters. The van der Waals surface area contributed by atoms with E-state index in [0.29, 0.717) is 6.07 Å². The van der Waals surface area contributed by atoms with Gasteiger partial charge in [-0.3, -0.25) is 0 Å². The van der Waals surface area contributed by atoms with Crippen LogP contribution in [0.15, 0.2) is 36.4 Å². The lowest BCUT2D eigenvalue weighted by Crippen LogP contribution is -2.18. The first-order valence-electron chi connectivity index (χ1n) is 5.93. The maximum absolute atomic E-state index is 13.6. The molecule has 0 heterocycles. The number of halogens is 6. The molecule has 0 spiro atoms. The Balaban J connectivity index is 2.33. The van der Waals surface area contributed by atoms with Gasteiger partial charge in [-0.2, -0.15) is 0 Å². The smallest absolute Gasteiger partial charge is 0.403 e. The van der Waals surface area contributed by atoms with Crippen molar-refractivity contribution in [2.45, 2.75) is 12.4 Å². The molecule has 0 saturated heterocycles. The van der Waals surface area contributed by atoms with Crippen molar-refractivity contribution in [3.05, 3.63) is 65.0 Å². The second-order valence-corrected chi connectivity index (χ2v) is 4.38. The van der Waals surface area contributed by atoms with E-state index in [1.54, 1.807) is 0 Å². The highest BCUT2D eigenvalue weighted by molar-refractivity contribution is 5.37. The van der Waals surface area contributed by atoms with Crippen LogP contribution in [0.5, 0.6) is 5.75 Å². The normalized spacial score (nSPS) is 13.0. The molecule has 2 nitrogen and oxygen atoms in total. The van der Waals surface area contributed by atoms with Gasteiger partial charge in [0.2, 0.25) is 0 Å². The summed E-state index contributed by atoms with van der Waals surface area (Å²) in [6.07, 6.45) is -5.04. The van der Waals surface area contributed by atoms with Crippen molar-refractivity contribution in [1.82, 2.24) is 0 Å². The van der Waals surface area contributed by atoms with Gasteiger partial charge < -0.3 is 10.5 Å². The van der Waals surface area contributed by atoms with E-state index in [4.69, 9.17) is 5.73 Å². The van der Waals surface area contributed by atoms with Gasteiger partial charge in [-0.1, -0.05) is 6.07 Å². The van der Waals surface area contributed by atoms with Crippen LogP contribution in [0.1, 0.15) is 17.2 Å². The topological polar surface area (TPSA) is 35.2 Å². The van der Waals surface area contributed by atoms with Gasteiger partial charge in [0.05, 0.1) is 6.04 Å². The van der Waals surface area contributed by atoms with Crippen molar-refractivity contribution in [1.29, 1.82) is 0 Å². The third-order valence-corrected chi connectivity index (χ3v) is 2.83. The number of rotatable bonds is 3.